The number of H-pyrrole nitrogens is 1. The fraction of sp³-hybridized carbons (Fsp3) is 0.364. The van der Waals surface area contributed by atoms with E-state index in [-0.39, 0.29) is 0 Å². The molecular formula is C11H12N2OS. The van der Waals surface area contributed by atoms with Crippen molar-refractivity contribution in [2.45, 2.75) is 19.4 Å². The molecule has 78 valence electrons. The zero-order valence-electron chi connectivity index (χ0n) is 8.49. The van der Waals surface area contributed by atoms with Crippen LogP contribution in [0.2, 0.25) is 0 Å². The number of imidazole rings is 1. The van der Waals surface area contributed by atoms with Gasteiger partial charge >= 0.3 is 0 Å². The van der Waals surface area contributed by atoms with Gasteiger partial charge in [-0.05, 0) is 23.9 Å². The molecule has 0 aromatic carbocycles. The van der Waals surface area contributed by atoms with Crippen LogP contribution in [-0.2, 0) is 11.3 Å². The number of hydrogen-bond donors (Lipinski definition) is 1. The first-order valence-electron chi connectivity index (χ1n) is 5.00. The van der Waals surface area contributed by atoms with Gasteiger partial charge in [0.05, 0.1) is 19.1 Å². The summed E-state index contributed by atoms with van der Waals surface area (Å²) in [7, 11) is 0. The summed E-state index contributed by atoms with van der Waals surface area (Å²) in [6.07, 6.45) is 1.91. The number of aromatic nitrogens is 2. The minimum absolute atomic E-state index is 0.343. The van der Waals surface area contributed by atoms with E-state index in [0.717, 1.165) is 24.7 Å². The van der Waals surface area contributed by atoms with E-state index in [1.54, 1.807) is 0 Å². The van der Waals surface area contributed by atoms with Gasteiger partial charge in [0.25, 0.3) is 0 Å². The molecule has 3 rings (SSSR count). The number of nitrogens with one attached hydrogen (secondary N) is 1. The molecule has 1 N–H and O–H groups in total. The first-order valence-corrected chi connectivity index (χ1v) is 5.88. The summed E-state index contributed by atoms with van der Waals surface area (Å²) >= 11 is 1.81. The molecule has 4 heteroatoms. The first-order chi connectivity index (χ1) is 7.34. The fourth-order valence-corrected chi connectivity index (χ4v) is 3.00. The summed E-state index contributed by atoms with van der Waals surface area (Å²) in [6, 6.07) is 2.15. The van der Waals surface area contributed by atoms with Gasteiger partial charge in [0, 0.05) is 16.8 Å². The van der Waals surface area contributed by atoms with Crippen molar-refractivity contribution in [3.63, 3.8) is 0 Å². The number of hydrogen-bond acceptors (Lipinski definition) is 3. The average molecular weight is 220 g/mol. The van der Waals surface area contributed by atoms with Crippen LogP contribution in [0.25, 0.3) is 0 Å². The van der Waals surface area contributed by atoms with E-state index >= 15 is 0 Å². The third kappa shape index (κ3) is 1.50. The lowest BCUT2D eigenvalue weighted by Crippen LogP contribution is -2.15. The molecule has 2 aromatic heterocycles. The summed E-state index contributed by atoms with van der Waals surface area (Å²) in [5.74, 6) is 1.31. The van der Waals surface area contributed by atoms with Crippen LogP contribution in [0.4, 0.5) is 0 Å². The molecule has 0 radical (unpaired) electrons. The molecule has 0 spiro atoms. The van der Waals surface area contributed by atoms with Crippen molar-refractivity contribution in [2.24, 2.45) is 0 Å². The van der Waals surface area contributed by atoms with Crippen molar-refractivity contribution < 1.29 is 4.74 Å². The Morgan fingerprint density at radius 3 is 3.33 bits per heavy atom. The largest absolute Gasteiger partial charge is 0.376 e. The molecule has 3 nitrogen and oxygen atoms in total. The third-order valence-corrected chi connectivity index (χ3v) is 3.81. The number of aryl methyl sites for hydroxylation is 1. The van der Waals surface area contributed by atoms with E-state index in [0.29, 0.717) is 5.92 Å². The molecule has 1 aliphatic rings. The lowest BCUT2D eigenvalue weighted by Gasteiger charge is -2.21. The number of ether oxygens (including phenoxy) is 1. The number of thiophene rings is 1. The van der Waals surface area contributed by atoms with Crippen molar-refractivity contribution >= 4 is 11.3 Å². The van der Waals surface area contributed by atoms with Crippen LogP contribution in [-0.4, -0.2) is 16.6 Å². The maximum atomic E-state index is 5.59. The minimum atomic E-state index is 0.343. The highest BCUT2D eigenvalue weighted by Crippen LogP contribution is 2.34. The summed E-state index contributed by atoms with van der Waals surface area (Å²) in [6.45, 7) is 3.49. The average Bonchev–Trinajstić information content (AvgIpc) is 2.84. The zero-order valence-corrected chi connectivity index (χ0v) is 9.30. The minimum Gasteiger partial charge on any atom is -0.376 e. The first kappa shape index (κ1) is 9.12. The predicted molar refractivity (Wildman–Crippen MR) is 59.1 cm³/mol. The highest BCUT2D eigenvalue weighted by molar-refractivity contribution is 7.10. The molecule has 15 heavy (non-hydrogen) atoms. The molecule has 0 bridgehead atoms. The van der Waals surface area contributed by atoms with Crippen LogP contribution in [0.1, 0.15) is 27.9 Å². The fourth-order valence-electron chi connectivity index (χ4n) is 1.98. The quantitative estimate of drug-likeness (QED) is 0.801. The van der Waals surface area contributed by atoms with Gasteiger partial charge in [0.2, 0.25) is 0 Å². The molecule has 1 aliphatic heterocycles. The highest BCUT2D eigenvalue weighted by Gasteiger charge is 2.24. The topological polar surface area (TPSA) is 37.9 Å². The number of rotatable bonds is 1. The van der Waals surface area contributed by atoms with Gasteiger partial charge in [-0.25, -0.2) is 4.98 Å². The number of nitrogens with zero attached hydrogens (tertiary/aromatic N) is 1. The van der Waals surface area contributed by atoms with Crippen LogP contribution in [0.15, 0.2) is 17.6 Å². The highest BCUT2D eigenvalue weighted by atomic mass is 32.1. The van der Waals surface area contributed by atoms with Crippen molar-refractivity contribution in [3.05, 3.63) is 39.6 Å². The molecule has 0 saturated carbocycles. The molecule has 0 amide bonds. The molecule has 1 atom stereocenters. The van der Waals surface area contributed by atoms with E-state index in [2.05, 4.69) is 21.4 Å². The van der Waals surface area contributed by atoms with Crippen molar-refractivity contribution in [1.82, 2.24) is 9.97 Å². The van der Waals surface area contributed by atoms with E-state index in [9.17, 15) is 0 Å². The Balaban J connectivity index is 2.02. The van der Waals surface area contributed by atoms with Gasteiger partial charge < -0.3 is 9.72 Å². The Morgan fingerprint density at radius 1 is 1.60 bits per heavy atom. The Bertz CT molecular complexity index is 474. The third-order valence-electron chi connectivity index (χ3n) is 2.74. The Labute approximate surface area is 92.1 Å². The Hall–Kier alpha value is -1.13. The van der Waals surface area contributed by atoms with Crippen LogP contribution < -0.4 is 0 Å². The van der Waals surface area contributed by atoms with Gasteiger partial charge in [-0.1, -0.05) is 0 Å². The smallest absolute Gasteiger partial charge is 0.103 e. The van der Waals surface area contributed by atoms with Crippen molar-refractivity contribution in [2.75, 3.05) is 6.61 Å². The Morgan fingerprint density at radius 2 is 2.53 bits per heavy atom. The second-order valence-corrected chi connectivity index (χ2v) is 4.75. The second kappa shape index (κ2) is 3.47. The van der Waals surface area contributed by atoms with Crippen molar-refractivity contribution in [1.29, 1.82) is 0 Å². The zero-order chi connectivity index (χ0) is 10.3. The van der Waals surface area contributed by atoms with Crippen LogP contribution in [0.3, 0.4) is 0 Å². The van der Waals surface area contributed by atoms with E-state index < -0.39 is 0 Å². The molecule has 2 aromatic rings. The SMILES string of the molecule is Cc1ncc(C2COCc3ccsc32)[nH]1. The molecule has 0 aliphatic carbocycles. The van der Waals surface area contributed by atoms with E-state index in [4.69, 9.17) is 4.74 Å². The molecule has 0 fully saturated rings. The lowest BCUT2D eigenvalue weighted by molar-refractivity contribution is 0.100. The molecular weight excluding hydrogens is 208 g/mol. The van der Waals surface area contributed by atoms with Crippen LogP contribution in [0.5, 0.6) is 0 Å². The predicted octanol–water partition coefficient (Wildman–Crippen LogP) is 2.44. The standard InChI is InChI=1S/C11H12N2OS/c1-7-12-4-10(13-7)9-6-14-5-8-2-3-15-11(8)9/h2-4,9H,5-6H2,1H3,(H,12,13). The number of fused-ring (bicyclic) bond motifs is 1. The normalized spacial score (nSPS) is 20.2. The van der Waals surface area contributed by atoms with Crippen LogP contribution in [0, 0.1) is 6.92 Å². The van der Waals surface area contributed by atoms with Gasteiger partial charge in [-0.15, -0.1) is 11.3 Å². The monoisotopic (exact) mass is 220 g/mol. The summed E-state index contributed by atoms with van der Waals surface area (Å²) < 4.78 is 5.59. The van der Waals surface area contributed by atoms with Gasteiger partial charge in [0.15, 0.2) is 0 Å². The summed E-state index contributed by atoms with van der Waals surface area (Å²) in [5, 5.41) is 2.13. The summed E-state index contributed by atoms with van der Waals surface area (Å²) in [4.78, 5) is 8.96. The van der Waals surface area contributed by atoms with E-state index in [1.807, 2.05) is 24.5 Å². The number of aromatic amines is 1. The summed E-state index contributed by atoms with van der Waals surface area (Å²) in [5.41, 5.74) is 2.49. The van der Waals surface area contributed by atoms with E-state index in [1.165, 1.54) is 10.4 Å². The van der Waals surface area contributed by atoms with Gasteiger partial charge in [-0.2, -0.15) is 0 Å². The molecule has 1 unspecified atom stereocenters. The lowest BCUT2D eigenvalue weighted by atomic mass is 10.00. The van der Waals surface area contributed by atoms with Crippen molar-refractivity contribution in [3.8, 4) is 0 Å². The maximum absolute atomic E-state index is 5.59. The maximum Gasteiger partial charge on any atom is 0.103 e. The molecule has 3 heterocycles. The van der Waals surface area contributed by atoms with Gasteiger partial charge in [0.1, 0.15) is 5.82 Å². The Kier molecular flexibility index (Phi) is 2.11. The molecule has 0 saturated heterocycles. The van der Waals surface area contributed by atoms with Crippen LogP contribution >= 0.6 is 11.3 Å². The second-order valence-electron chi connectivity index (χ2n) is 3.80. The van der Waals surface area contributed by atoms with Gasteiger partial charge in [-0.3, -0.25) is 0 Å².